The molecule has 1 aromatic rings. The number of nitrogens with one attached hydrogen (secondary N) is 1. The number of hydrogen-bond donors (Lipinski definition) is 1. The van der Waals surface area contributed by atoms with E-state index in [4.69, 9.17) is 0 Å². The molecule has 3 nitrogen and oxygen atoms in total. The third kappa shape index (κ3) is 3.06. The van der Waals surface area contributed by atoms with Crippen LogP contribution in [0, 0.1) is 5.92 Å². The Labute approximate surface area is 96.1 Å². The van der Waals surface area contributed by atoms with E-state index in [2.05, 4.69) is 33.2 Å². The Morgan fingerprint density at radius 3 is 2.93 bits per heavy atom. The molecular weight excluding hydrogens is 264 g/mol. The predicted molar refractivity (Wildman–Crippen MR) is 62.0 cm³/mol. The molecule has 1 heterocycles. The van der Waals surface area contributed by atoms with Gasteiger partial charge in [-0.2, -0.15) is 0 Å². The summed E-state index contributed by atoms with van der Waals surface area (Å²) in [5.74, 6) is 0.323. The Kier molecular flexibility index (Phi) is 4.54. The molecule has 0 bridgehead atoms. The topological polar surface area (TPSA) is 42.0 Å². The van der Waals surface area contributed by atoms with Crippen LogP contribution in [0.5, 0.6) is 0 Å². The Balaban J connectivity index is 2.49. The number of thiazole rings is 1. The van der Waals surface area contributed by atoms with Gasteiger partial charge in [-0.3, -0.25) is 4.79 Å². The fourth-order valence-corrected chi connectivity index (χ4v) is 1.97. The van der Waals surface area contributed by atoms with Crippen LogP contribution in [0.4, 0.5) is 0 Å². The molecule has 0 aromatic carbocycles. The highest BCUT2D eigenvalue weighted by Gasteiger charge is 2.15. The molecule has 0 fully saturated rings. The van der Waals surface area contributed by atoms with Crippen LogP contribution in [-0.4, -0.2) is 22.3 Å². The van der Waals surface area contributed by atoms with Crippen LogP contribution in [-0.2, 0) is 0 Å². The van der Waals surface area contributed by atoms with Crippen LogP contribution in [0.25, 0.3) is 0 Å². The van der Waals surface area contributed by atoms with Gasteiger partial charge < -0.3 is 5.32 Å². The summed E-state index contributed by atoms with van der Waals surface area (Å²) in [7, 11) is 0. The first-order valence-electron chi connectivity index (χ1n) is 4.40. The molecule has 0 spiro atoms. The highest BCUT2D eigenvalue weighted by Crippen LogP contribution is 2.07. The molecule has 0 aliphatic carbocycles. The van der Waals surface area contributed by atoms with Gasteiger partial charge in [-0.15, -0.1) is 11.3 Å². The van der Waals surface area contributed by atoms with Gasteiger partial charge in [-0.1, -0.05) is 22.9 Å². The van der Waals surface area contributed by atoms with Crippen LogP contribution in [0.1, 0.15) is 24.3 Å². The van der Waals surface area contributed by atoms with E-state index in [1.807, 2.05) is 6.92 Å². The largest absolute Gasteiger partial charge is 0.348 e. The van der Waals surface area contributed by atoms with Gasteiger partial charge in [-0.05, 0) is 12.8 Å². The van der Waals surface area contributed by atoms with Crippen LogP contribution in [0.3, 0.4) is 0 Å². The van der Waals surface area contributed by atoms with E-state index >= 15 is 0 Å². The maximum atomic E-state index is 11.6. The fourth-order valence-electron chi connectivity index (χ4n) is 0.881. The van der Waals surface area contributed by atoms with Crippen molar-refractivity contribution in [2.45, 2.75) is 19.9 Å². The molecule has 0 saturated carbocycles. The zero-order chi connectivity index (χ0) is 10.6. The second-order valence-electron chi connectivity index (χ2n) is 3.27. The molecule has 0 radical (unpaired) electrons. The number of nitrogens with zero attached hydrogens (tertiary/aromatic N) is 1. The Morgan fingerprint density at radius 1 is 1.71 bits per heavy atom. The summed E-state index contributed by atoms with van der Waals surface area (Å²) in [6.45, 7) is 4.08. The molecule has 78 valence electrons. The van der Waals surface area contributed by atoms with E-state index < -0.39 is 0 Å². The van der Waals surface area contributed by atoms with Gasteiger partial charge in [0.25, 0.3) is 5.91 Å². The van der Waals surface area contributed by atoms with E-state index in [1.165, 1.54) is 11.3 Å². The summed E-state index contributed by atoms with van der Waals surface area (Å²) in [6.07, 6.45) is 0. The molecule has 5 heteroatoms. The van der Waals surface area contributed by atoms with Gasteiger partial charge in [0.15, 0.2) is 0 Å². The Morgan fingerprint density at radius 2 is 2.43 bits per heavy atom. The molecular formula is C9H13BrN2OS. The molecule has 1 aromatic heterocycles. The average Bonchev–Trinajstić information content (AvgIpc) is 2.69. The second kappa shape index (κ2) is 5.46. The number of halogens is 1. The SMILES string of the molecule is CC(CBr)C(C)NC(=O)c1cscn1. The maximum absolute atomic E-state index is 11.6. The van der Waals surface area contributed by atoms with Crippen LogP contribution in [0.15, 0.2) is 10.9 Å². The minimum Gasteiger partial charge on any atom is -0.348 e. The number of aromatic nitrogens is 1. The second-order valence-corrected chi connectivity index (χ2v) is 4.63. The summed E-state index contributed by atoms with van der Waals surface area (Å²) in [6, 6.07) is 0.156. The number of carbonyl (C=O) groups is 1. The molecule has 1 N–H and O–H groups in total. The van der Waals surface area contributed by atoms with Crippen molar-refractivity contribution in [1.29, 1.82) is 0 Å². The predicted octanol–water partition coefficient (Wildman–Crippen LogP) is 2.29. The number of rotatable bonds is 4. The van der Waals surface area contributed by atoms with Crippen molar-refractivity contribution in [3.05, 3.63) is 16.6 Å². The molecule has 0 saturated heterocycles. The molecule has 1 amide bonds. The molecule has 0 aliphatic rings. The van der Waals surface area contributed by atoms with Crippen molar-refractivity contribution >= 4 is 33.2 Å². The first-order valence-corrected chi connectivity index (χ1v) is 6.46. The van der Waals surface area contributed by atoms with Gasteiger partial charge in [0.1, 0.15) is 5.69 Å². The molecule has 2 atom stereocenters. The van der Waals surface area contributed by atoms with Crippen LogP contribution >= 0.6 is 27.3 Å². The average molecular weight is 277 g/mol. The lowest BCUT2D eigenvalue weighted by molar-refractivity contribution is 0.0927. The Hall–Kier alpha value is -0.420. The lowest BCUT2D eigenvalue weighted by Crippen LogP contribution is -2.37. The number of alkyl halides is 1. The van der Waals surface area contributed by atoms with Crippen LogP contribution in [0.2, 0.25) is 0 Å². The van der Waals surface area contributed by atoms with Gasteiger partial charge >= 0.3 is 0 Å². The summed E-state index contributed by atoms with van der Waals surface area (Å²) in [5, 5.41) is 5.54. The lowest BCUT2D eigenvalue weighted by Gasteiger charge is -2.18. The van der Waals surface area contributed by atoms with E-state index in [-0.39, 0.29) is 11.9 Å². The van der Waals surface area contributed by atoms with Gasteiger partial charge in [-0.25, -0.2) is 4.98 Å². The quantitative estimate of drug-likeness (QED) is 0.858. The molecule has 0 aliphatic heterocycles. The first kappa shape index (κ1) is 11.7. The maximum Gasteiger partial charge on any atom is 0.270 e. The van der Waals surface area contributed by atoms with Gasteiger partial charge in [0.05, 0.1) is 5.51 Å². The normalized spacial score (nSPS) is 14.8. The van der Waals surface area contributed by atoms with Crippen molar-refractivity contribution in [3.8, 4) is 0 Å². The number of hydrogen-bond acceptors (Lipinski definition) is 3. The number of amides is 1. The van der Waals surface area contributed by atoms with Crippen molar-refractivity contribution < 1.29 is 4.79 Å². The van der Waals surface area contributed by atoms with E-state index in [0.29, 0.717) is 11.6 Å². The first-order chi connectivity index (χ1) is 6.65. The van der Waals surface area contributed by atoms with E-state index in [1.54, 1.807) is 10.9 Å². The van der Waals surface area contributed by atoms with Crippen molar-refractivity contribution in [3.63, 3.8) is 0 Å². The Bertz CT molecular complexity index is 289. The highest BCUT2D eigenvalue weighted by atomic mass is 79.9. The van der Waals surface area contributed by atoms with Crippen molar-refractivity contribution in [2.24, 2.45) is 5.92 Å². The third-order valence-electron chi connectivity index (χ3n) is 2.12. The minimum absolute atomic E-state index is 0.0912. The smallest absolute Gasteiger partial charge is 0.270 e. The lowest BCUT2D eigenvalue weighted by atomic mass is 10.1. The molecule has 14 heavy (non-hydrogen) atoms. The zero-order valence-corrected chi connectivity index (χ0v) is 10.6. The summed E-state index contributed by atoms with van der Waals surface area (Å²) in [5.41, 5.74) is 2.16. The van der Waals surface area contributed by atoms with Crippen molar-refractivity contribution in [1.82, 2.24) is 10.3 Å². The number of carbonyl (C=O) groups excluding carboxylic acids is 1. The standard InChI is InChI=1S/C9H13BrN2OS/c1-6(3-10)7(2)12-9(13)8-4-14-5-11-8/h4-7H,3H2,1-2H3,(H,12,13). The van der Waals surface area contributed by atoms with Gasteiger partial charge in [0, 0.05) is 16.8 Å². The molecule has 2 unspecified atom stereocenters. The molecule has 1 rings (SSSR count). The van der Waals surface area contributed by atoms with Gasteiger partial charge in [0.2, 0.25) is 0 Å². The summed E-state index contributed by atoms with van der Waals surface area (Å²) < 4.78 is 0. The summed E-state index contributed by atoms with van der Waals surface area (Å²) in [4.78, 5) is 15.5. The fraction of sp³-hybridized carbons (Fsp3) is 0.556. The third-order valence-corrected chi connectivity index (χ3v) is 3.73. The van der Waals surface area contributed by atoms with E-state index in [9.17, 15) is 4.79 Å². The zero-order valence-electron chi connectivity index (χ0n) is 8.16. The van der Waals surface area contributed by atoms with Crippen molar-refractivity contribution in [2.75, 3.05) is 5.33 Å². The summed E-state index contributed by atoms with van der Waals surface area (Å²) >= 11 is 4.82. The van der Waals surface area contributed by atoms with E-state index in [0.717, 1.165) is 5.33 Å². The minimum atomic E-state index is -0.0912. The van der Waals surface area contributed by atoms with Crippen LogP contribution < -0.4 is 5.32 Å². The monoisotopic (exact) mass is 276 g/mol. The highest BCUT2D eigenvalue weighted by molar-refractivity contribution is 9.09.